The van der Waals surface area contributed by atoms with Crippen molar-refractivity contribution >= 4 is 45.3 Å². The van der Waals surface area contributed by atoms with Crippen molar-refractivity contribution in [1.29, 1.82) is 0 Å². The summed E-state index contributed by atoms with van der Waals surface area (Å²) in [5.74, 6) is -0.374. The predicted octanol–water partition coefficient (Wildman–Crippen LogP) is 3.85. The highest BCUT2D eigenvalue weighted by Gasteiger charge is 2.22. The summed E-state index contributed by atoms with van der Waals surface area (Å²) < 4.78 is 1.73. The molecule has 7 nitrogen and oxygen atoms in total. The zero-order chi connectivity index (χ0) is 21.7. The lowest BCUT2D eigenvalue weighted by molar-refractivity contribution is -0.117. The SMILES string of the molecule is CCCCCn1c(SCC(=O)NC(=O)NC(C)C)nc2sc3c(c2c1=O)CCCC3. The van der Waals surface area contributed by atoms with E-state index in [4.69, 9.17) is 4.98 Å². The molecular weight excluding hydrogens is 420 g/mol. The number of hydrogen-bond donors (Lipinski definition) is 2. The summed E-state index contributed by atoms with van der Waals surface area (Å²) in [6, 6.07) is -0.562. The Morgan fingerprint density at radius 2 is 2.00 bits per heavy atom. The van der Waals surface area contributed by atoms with Crippen molar-refractivity contribution < 1.29 is 9.59 Å². The largest absolute Gasteiger partial charge is 0.336 e. The van der Waals surface area contributed by atoms with E-state index in [1.165, 1.54) is 22.2 Å². The van der Waals surface area contributed by atoms with Gasteiger partial charge in [-0.05, 0) is 51.5 Å². The molecule has 9 heteroatoms. The first-order valence-corrected chi connectivity index (χ1v) is 12.5. The first kappa shape index (κ1) is 22.8. The van der Waals surface area contributed by atoms with Crippen LogP contribution in [0.5, 0.6) is 0 Å². The number of imide groups is 1. The Bertz CT molecular complexity index is 981. The number of nitrogens with one attached hydrogen (secondary N) is 2. The van der Waals surface area contributed by atoms with Gasteiger partial charge < -0.3 is 5.32 Å². The van der Waals surface area contributed by atoms with E-state index in [-0.39, 0.29) is 17.4 Å². The third-order valence-corrected chi connectivity index (χ3v) is 7.19. The van der Waals surface area contributed by atoms with E-state index in [9.17, 15) is 14.4 Å². The number of carbonyl (C=O) groups excluding carboxylic acids is 2. The summed E-state index contributed by atoms with van der Waals surface area (Å²) >= 11 is 2.83. The number of nitrogens with zero attached hydrogens (tertiary/aromatic N) is 2. The van der Waals surface area contributed by atoms with Gasteiger partial charge in [0.25, 0.3) is 5.56 Å². The summed E-state index contributed by atoms with van der Waals surface area (Å²) in [6.07, 6.45) is 7.23. The Labute approximate surface area is 185 Å². The number of aromatic nitrogens is 2. The Morgan fingerprint density at radius 1 is 1.23 bits per heavy atom. The Morgan fingerprint density at radius 3 is 2.73 bits per heavy atom. The summed E-state index contributed by atoms with van der Waals surface area (Å²) in [5.41, 5.74) is 1.19. The number of aryl methyl sites for hydroxylation is 2. The number of thioether (sulfide) groups is 1. The van der Waals surface area contributed by atoms with Crippen LogP contribution in [0.15, 0.2) is 9.95 Å². The van der Waals surface area contributed by atoms with Crippen LogP contribution in [0.1, 0.15) is 63.3 Å². The Balaban J connectivity index is 1.84. The van der Waals surface area contributed by atoms with Gasteiger partial charge in [-0.15, -0.1) is 11.3 Å². The molecule has 3 amide bonds. The fraction of sp³-hybridized carbons (Fsp3) is 0.619. The summed E-state index contributed by atoms with van der Waals surface area (Å²) in [5, 5.41) is 6.28. The van der Waals surface area contributed by atoms with Gasteiger partial charge >= 0.3 is 6.03 Å². The van der Waals surface area contributed by atoms with Crippen molar-refractivity contribution in [3.63, 3.8) is 0 Å². The second-order valence-corrected chi connectivity index (χ2v) is 9.94. The van der Waals surface area contributed by atoms with Crippen molar-refractivity contribution in [1.82, 2.24) is 20.2 Å². The monoisotopic (exact) mass is 450 g/mol. The molecule has 2 aromatic heterocycles. The summed E-state index contributed by atoms with van der Waals surface area (Å²) in [4.78, 5) is 44.1. The highest BCUT2D eigenvalue weighted by molar-refractivity contribution is 7.99. The van der Waals surface area contributed by atoms with Gasteiger partial charge in [0, 0.05) is 17.5 Å². The minimum Gasteiger partial charge on any atom is -0.336 e. The number of unbranched alkanes of at least 4 members (excludes halogenated alkanes) is 2. The van der Waals surface area contributed by atoms with Gasteiger partial charge in [-0.2, -0.15) is 0 Å². The number of fused-ring (bicyclic) bond motifs is 3. The first-order chi connectivity index (χ1) is 14.4. The number of urea groups is 1. The smallest absolute Gasteiger partial charge is 0.321 e. The van der Waals surface area contributed by atoms with Crippen LogP contribution in [0, 0.1) is 0 Å². The minimum absolute atomic E-state index is 0.0102. The average molecular weight is 451 g/mol. The second-order valence-electron chi connectivity index (χ2n) is 7.91. The molecule has 2 aromatic rings. The van der Waals surface area contributed by atoms with Gasteiger partial charge in [0.15, 0.2) is 5.16 Å². The molecule has 0 atom stereocenters. The number of thiophene rings is 1. The van der Waals surface area contributed by atoms with Crippen LogP contribution >= 0.6 is 23.1 Å². The number of amides is 3. The van der Waals surface area contributed by atoms with Crippen molar-refractivity contribution in [2.24, 2.45) is 0 Å². The van der Waals surface area contributed by atoms with E-state index in [1.54, 1.807) is 15.9 Å². The quantitative estimate of drug-likeness (QED) is 0.362. The summed E-state index contributed by atoms with van der Waals surface area (Å²) in [7, 11) is 0. The lowest BCUT2D eigenvalue weighted by atomic mass is 9.97. The molecule has 0 aliphatic heterocycles. The maximum absolute atomic E-state index is 13.4. The van der Waals surface area contributed by atoms with Crippen LogP contribution in [-0.2, 0) is 24.2 Å². The van der Waals surface area contributed by atoms with E-state index < -0.39 is 11.9 Å². The molecule has 0 saturated carbocycles. The highest BCUT2D eigenvalue weighted by Crippen LogP contribution is 2.34. The molecule has 0 saturated heterocycles. The Kier molecular flexibility index (Phi) is 7.93. The molecule has 0 fully saturated rings. The van der Waals surface area contributed by atoms with E-state index >= 15 is 0 Å². The molecule has 0 bridgehead atoms. The molecule has 164 valence electrons. The number of rotatable bonds is 8. The van der Waals surface area contributed by atoms with Crippen molar-refractivity contribution in [2.45, 2.75) is 83.5 Å². The van der Waals surface area contributed by atoms with Crippen molar-refractivity contribution in [2.75, 3.05) is 5.75 Å². The van der Waals surface area contributed by atoms with Gasteiger partial charge in [-0.1, -0.05) is 31.5 Å². The van der Waals surface area contributed by atoms with Crippen LogP contribution in [-0.4, -0.2) is 33.3 Å². The molecule has 0 unspecified atom stereocenters. The van der Waals surface area contributed by atoms with Gasteiger partial charge in [0.1, 0.15) is 4.83 Å². The standard InChI is InChI=1S/C21H30N4O3S2/c1-4-5-8-11-25-19(27)17-14-9-6-7-10-15(14)30-18(17)24-21(25)29-12-16(26)23-20(28)22-13(2)3/h13H,4-12H2,1-3H3,(H2,22,23,26,28). The molecule has 0 radical (unpaired) electrons. The van der Waals surface area contributed by atoms with E-state index in [0.29, 0.717) is 11.7 Å². The zero-order valence-electron chi connectivity index (χ0n) is 17.9. The maximum Gasteiger partial charge on any atom is 0.321 e. The molecule has 0 aromatic carbocycles. The highest BCUT2D eigenvalue weighted by atomic mass is 32.2. The molecule has 2 heterocycles. The topological polar surface area (TPSA) is 93.1 Å². The Hall–Kier alpha value is -1.87. The second kappa shape index (κ2) is 10.4. The fourth-order valence-electron chi connectivity index (χ4n) is 3.64. The van der Waals surface area contributed by atoms with Gasteiger partial charge in [-0.3, -0.25) is 19.5 Å². The van der Waals surface area contributed by atoms with Gasteiger partial charge in [-0.25, -0.2) is 9.78 Å². The lowest BCUT2D eigenvalue weighted by Gasteiger charge is -2.13. The number of hydrogen-bond acceptors (Lipinski definition) is 6. The zero-order valence-corrected chi connectivity index (χ0v) is 19.5. The van der Waals surface area contributed by atoms with Crippen molar-refractivity contribution in [3.05, 3.63) is 20.8 Å². The van der Waals surface area contributed by atoms with Crippen LogP contribution in [0.4, 0.5) is 4.79 Å². The molecule has 2 N–H and O–H groups in total. The molecule has 1 aliphatic rings. The third kappa shape index (κ3) is 5.43. The molecule has 1 aliphatic carbocycles. The molecule has 3 rings (SSSR count). The van der Waals surface area contributed by atoms with E-state index in [1.807, 2.05) is 13.8 Å². The van der Waals surface area contributed by atoms with Crippen LogP contribution in [0.2, 0.25) is 0 Å². The van der Waals surface area contributed by atoms with Gasteiger partial charge in [0.2, 0.25) is 5.91 Å². The molecular formula is C21H30N4O3S2. The lowest BCUT2D eigenvalue weighted by Crippen LogP contribution is -2.43. The summed E-state index contributed by atoms with van der Waals surface area (Å²) in [6.45, 7) is 6.38. The molecule has 30 heavy (non-hydrogen) atoms. The van der Waals surface area contributed by atoms with E-state index in [2.05, 4.69) is 17.6 Å². The molecule has 0 spiro atoms. The maximum atomic E-state index is 13.4. The average Bonchev–Trinajstić information content (AvgIpc) is 3.06. The minimum atomic E-state index is -0.509. The van der Waals surface area contributed by atoms with E-state index in [0.717, 1.165) is 55.2 Å². The predicted molar refractivity (Wildman–Crippen MR) is 123 cm³/mol. The van der Waals surface area contributed by atoms with Crippen LogP contribution < -0.4 is 16.2 Å². The van der Waals surface area contributed by atoms with Crippen LogP contribution in [0.25, 0.3) is 10.2 Å². The number of carbonyl (C=O) groups is 2. The first-order valence-electron chi connectivity index (χ1n) is 10.7. The van der Waals surface area contributed by atoms with Gasteiger partial charge in [0.05, 0.1) is 11.1 Å². The normalized spacial score (nSPS) is 13.5. The van der Waals surface area contributed by atoms with Crippen molar-refractivity contribution in [3.8, 4) is 0 Å². The van der Waals surface area contributed by atoms with Crippen LogP contribution in [0.3, 0.4) is 0 Å². The third-order valence-electron chi connectivity index (χ3n) is 5.03. The fourth-order valence-corrected chi connectivity index (χ4v) is 5.77.